The minimum atomic E-state index is -0.207. The molecule has 0 unspecified atom stereocenters. The molecule has 0 radical (unpaired) electrons. The molecule has 0 saturated heterocycles. The maximum atomic E-state index is 13.5. The molecule has 1 heterocycles. The van der Waals surface area contributed by atoms with Crippen LogP contribution in [0.5, 0.6) is 0 Å². The maximum Gasteiger partial charge on any atom is 0.123 e. The van der Waals surface area contributed by atoms with E-state index in [9.17, 15) is 9.18 Å². The number of aldehydes is 1. The van der Waals surface area contributed by atoms with Crippen LogP contribution in [0.3, 0.4) is 0 Å². The van der Waals surface area contributed by atoms with Crippen LogP contribution in [-0.4, -0.2) is 11.3 Å². The zero-order chi connectivity index (χ0) is 13.9. The van der Waals surface area contributed by atoms with E-state index >= 15 is 0 Å². The zero-order valence-corrected chi connectivity index (χ0v) is 11.4. The molecule has 0 amide bonds. The lowest BCUT2D eigenvalue weighted by Gasteiger charge is -2.28. The van der Waals surface area contributed by atoms with Crippen molar-refractivity contribution in [2.45, 2.75) is 38.0 Å². The SMILES string of the molecule is O=CCC1CCC(c2ccnc3ccc(F)cc23)CC1. The first-order valence-corrected chi connectivity index (χ1v) is 7.25. The molecule has 0 aliphatic heterocycles. The number of rotatable bonds is 3. The number of hydrogen-bond acceptors (Lipinski definition) is 2. The highest BCUT2D eigenvalue weighted by atomic mass is 19.1. The molecule has 3 rings (SSSR count). The van der Waals surface area contributed by atoms with Crippen molar-refractivity contribution in [2.75, 3.05) is 0 Å². The van der Waals surface area contributed by atoms with Gasteiger partial charge in [-0.05, 0) is 67.3 Å². The van der Waals surface area contributed by atoms with Crippen LogP contribution in [0.15, 0.2) is 30.5 Å². The van der Waals surface area contributed by atoms with Crippen LogP contribution in [0.25, 0.3) is 10.9 Å². The van der Waals surface area contributed by atoms with Crippen molar-refractivity contribution in [2.24, 2.45) is 5.92 Å². The van der Waals surface area contributed by atoms with Crippen molar-refractivity contribution in [1.29, 1.82) is 0 Å². The molecule has 1 saturated carbocycles. The number of nitrogens with zero attached hydrogens (tertiary/aromatic N) is 1. The highest BCUT2D eigenvalue weighted by molar-refractivity contribution is 5.82. The van der Waals surface area contributed by atoms with Crippen molar-refractivity contribution in [1.82, 2.24) is 4.98 Å². The predicted octanol–water partition coefficient (Wildman–Crippen LogP) is 4.24. The summed E-state index contributed by atoms with van der Waals surface area (Å²) in [6.45, 7) is 0. The topological polar surface area (TPSA) is 30.0 Å². The summed E-state index contributed by atoms with van der Waals surface area (Å²) >= 11 is 0. The van der Waals surface area contributed by atoms with E-state index in [0.717, 1.165) is 42.9 Å². The molecule has 1 aliphatic carbocycles. The second kappa shape index (κ2) is 5.70. The van der Waals surface area contributed by atoms with Crippen molar-refractivity contribution in [3.8, 4) is 0 Å². The fourth-order valence-electron chi connectivity index (χ4n) is 3.34. The summed E-state index contributed by atoms with van der Waals surface area (Å²) in [6, 6.07) is 6.81. The molecule has 2 nitrogen and oxygen atoms in total. The van der Waals surface area contributed by atoms with Crippen LogP contribution >= 0.6 is 0 Å². The molecule has 1 aromatic carbocycles. The van der Waals surface area contributed by atoms with Gasteiger partial charge >= 0.3 is 0 Å². The molecule has 1 aromatic heterocycles. The minimum Gasteiger partial charge on any atom is -0.303 e. The predicted molar refractivity (Wildman–Crippen MR) is 77.1 cm³/mol. The first-order chi connectivity index (χ1) is 9.78. The Morgan fingerprint density at radius 2 is 2.00 bits per heavy atom. The summed E-state index contributed by atoms with van der Waals surface area (Å²) in [6.07, 6.45) is 7.85. The highest BCUT2D eigenvalue weighted by Crippen LogP contribution is 2.39. The van der Waals surface area contributed by atoms with Crippen LogP contribution in [0.4, 0.5) is 4.39 Å². The van der Waals surface area contributed by atoms with Gasteiger partial charge in [0.25, 0.3) is 0 Å². The van der Waals surface area contributed by atoms with Gasteiger partial charge in [-0.25, -0.2) is 4.39 Å². The summed E-state index contributed by atoms with van der Waals surface area (Å²) < 4.78 is 13.5. The van der Waals surface area contributed by atoms with Crippen LogP contribution in [0.2, 0.25) is 0 Å². The molecular formula is C17H18FNO. The molecular weight excluding hydrogens is 253 g/mol. The Morgan fingerprint density at radius 3 is 2.75 bits per heavy atom. The zero-order valence-electron chi connectivity index (χ0n) is 11.4. The molecule has 0 N–H and O–H groups in total. The number of fused-ring (bicyclic) bond motifs is 1. The van der Waals surface area contributed by atoms with Crippen molar-refractivity contribution in [3.05, 3.63) is 41.8 Å². The van der Waals surface area contributed by atoms with Gasteiger partial charge in [-0.1, -0.05) is 0 Å². The lowest BCUT2D eigenvalue weighted by atomic mass is 9.77. The van der Waals surface area contributed by atoms with E-state index in [1.807, 2.05) is 12.3 Å². The van der Waals surface area contributed by atoms with Gasteiger partial charge in [-0.2, -0.15) is 0 Å². The van der Waals surface area contributed by atoms with Gasteiger partial charge in [0.15, 0.2) is 0 Å². The molecule has 0 atom stereocenters. The number of benzene rings is 1. The number of pyridine rings is 1. The van der Waals surface area contributed by atoms with Gasteiger partial charge in [-0.3, -0.25) is 4.98 Å². The Bertz CT molecular complexity index is 617. The first-order valence-electron chi connectivity index (χ1n) is 7.25. The number of carbonyl (C=O) groups is 1. The second-order valence-corrected chi connectivity index (χ2v) is 5.68. The quantitative estimate of drug-likeness (QED) is 0.782. The van der Waals surface area contributed by atoms with Crippen molar-refractivity contribution >= 4 is 17.2 Å². The normalized spacial score (nSPS) is 22.9. The van der Waals surface area contributed by atoms with E-state index in [1.165, 1.54) is 11.6 Å². The highest BCUT2D eigenvalue weighted by Gasteiger charge is 2.23. The van der Waals surface area contributed by atoms with Crippen LogP contribution in [-0.2, 0) is 4.79 Å². The fraction of sp³-hybridized carbons (Fsp3) is 0.412. The van der Waals surface area contributed by atoms with E-state index in [1.54, 1.807) is 12.1 Å². The molecule has 20 heavy (non-hydrogen) atoms. The lowest BCUT2D eigenvalue weighted by Crippen LogP contribution is -2.14. The summed E-state index contributed by atoms with van der Waals surface area (Å²) in [7, 11) is 0. The Labute approximate surface area is 118 Å². The van der Waals surface area contributed by atoms with E-state index < -0.39 is 0 Å². The second-order valence-electron chi connectivity index (χ2n) is 5.68. The molecule has 3 heteroatoms. The summed E-state index contributed by atoms with van der Waals surface area (Å²) in [5.74, 6) is 0.792. The number of halogens is 1. The smallest absolute Gasteiger partial charge is 0.123 e. The molecule has 104 valence electrons. The largest absolute Gasteiger partial charge is 0.303 e. The van der Waals surface area contributed by atoms with Crippen molar-refractivity contribution in [3.63, 3.8) is 0 Å². The van der Waals surface area contributed by atoms with Gasteiger partial charge in [0.2, 0.25) is 0 Å². The summed E-state index contributed by atoms with van der Waals surface area (Å²) in [4.78, 5) is 14.9. The average molecular weight is 271 g/mol. The van der Waals surface area contributed by atoms with Gasteiger partial charge in [-0.15, -0.1) is 0 Å². The van der Waals surface area contributed by atoms with Crippen molar-refractivity contribution < 1.29 is 9.18 Å². The Kier molecular flexibility index (Phi) is 3.77. The summed E-state index contributed by atoms with van der Waals surface area (Å²) in [5.41, 5.74) is 2.07. The third-order valence-electron chi connectivity index (χ3n) is 4.45. The van der Waals surface area contributed by atoms with E-state index in [0.29, 0.717) is 18.3 Å². The molecule has 2 aromatic rings. The fourth-order valence-corrected chi connectivity index (χ4v) is 3.34. The van der Waals surface area contributed by atoms with Gasteiger partial charge in [0, 0.05) is 18.0 Å². The Balaban J connectivity index is 1.87. The number of hydrogen-bond donors (Lipinski definition) is 0. The van der Waals surface area contributed by atoms with E-state index in [-0.39, 0.29) is 5.82 Å². The van der Waals surface area contributed by atoms with Gasteiger partial charge < -0.3 is 4.79 Å². The standard InChI is InChI=1S/C17H18FNO/c18-14-5-6-17-16(11-14)15(7-9-19-17)13-3-1-12(2-4-13)8-10-20/h5-7,9-13H,1-4,8H2. The first kappa shape index (κ1) is 13.2. The number of carbonyl (C=O) groups excluding carboxylic acids is 1. The van der Waals surface area contributed by atoms with Crippen LogP contribution in [0.1, 0.15) is 43.6 Å². The van der Waals surface area contributed by atoms with E-state index in [2.05, 4.69) is 4.98 Å². The molecule has 0 spiro atoms. The molecule has 1 aliphatic rings. The van der Waals surface area contributed by atoms with Crippen LogP contribution < -0.4 is 0 Å². The van der Waals surface area contributed by atoms with Gasteiger partial charge in [0.1, 0.15) is 12.1 Å². The summed E-state index contributed by atoms with van der Waals surface area (Å²) in [5, 5.41) is 0.936. The average Bonchev–Trinajstić information content (AvgIpc) is 2.48. The van der Waals surface area contributed by atoms with E-state index in [4.69, 9.17) is 0 Å². The monoisotopic (exact) mass is 271 g/mol. The Hall–Kier alpha value is -1.77. The molecule has 1 fully saturated rings. The van der Waals surface area contributed by atoms with Crippen LogP contribution in [0, 0.1) is 11.7 Å². The number of aromatic nitrogens is 1. The minimum absolute atomic E-state index is 0.207. The third kappa shape index (κ3) is 2.58. The van der Waals surface area contributed by atoms with Gasteiger partial charge in [0.05, 0.1) is 5.52 Å². The lowest BCUT2D eigenvalue weighted by molar-refractivity contribution is -0.108. The maximum absolute atomic E-state index is 13.5. The molecule has 0 bridgehead atoms. The third-order valence-corrected chi connectivity index (χ3v) is 4.45. The Morgan fingerprint density at radius 1 is 1.20 bits per heavy atom.